The van der Waals surface area contributed by atoms with Crippen LogP contribution in [0.25, 0.3) is 6.08 Å². The number of rotatable bonds is 2. The second kappa shape index (κ2) is 4.32. The van der Waals surface area contributed by atoms with Crippen molar-refractivity contribution in [3.8, 4) is 0 Å². The molecular weight excluding hydrogens is 253 g/mol. The molecule has 3 nitrogen and oxygen atoms in total. The SMILES string of the molecule is CC(=Cc1ccc(F)c(Br)c1)[N+](=O)[O-]. The molecule has 0 unspecified atom stereocenters. The Balaban J connectivity index is 3.04. The molecule has 5 heteroatoms. The summed E-state index contributed by atoms with van der Waals surface area (Å²) in [5.41, 5.74) is 0.607. The molecule has 0 amide bonds. The van der Waals surface area contributed by atoms with Crippen molar-refractivity contribution in [1.29, 1.82) is 0 Å². The maximum absolute atomic E-state index is 12.8. The largest absolute Gasteiger partial charge is 0.259 e. The molecule has 0 aliphatic rings. The third-order valence-corrected chi connectivity index (χ3v) is 2.21. The van der Waals surface area contributed by atoms with Crippen LogP contribution in [0, 0.1) is 15.9 Å². The van der Waals surface area contributed by atoms with Crippen LogP contribution in [0.15, 0.2) is 28.4 Å². The molecule has 0 aliphatic carbocycles. The fourth-order valence-electron chi connectivity index (χ4n) is 0.896. The van der Waals surface area contributed by atoms with Crippen LogP contribution in [0.5, 0.6) is 0 Å². The average molecular weight is 260 g/mol. The van der Waals surface area contributed by atoms with Crippen molar-refractivity contribution in [2.75, 3.05) is 0 Å². The Bertz CT molecular complexity index is 404. The van der Waals surface area contributed by atoms with E-state index >= 15 is 0 Å². The molecular formula is C9H7BrFNO2. The van der Waals surface area contributed by atoms with Gasteiger partial charge in [-0.2, -0.15) is 0 Å². The molecule has 0 saturated carbocycles. The quantitative estimate of drug-likeness (QED) is 0.605. The lowest BCUT2D eigenvalue weighted by Gasteiger charge is -1.96. The monoisotopic (exact) mass is 259 g/mol. The van der Waals surface area contributed by atoms with E-state index in [4.69, 9.17) is 0 Å². The fourth-order valence-corrected chi connectivity index (χ4v) is 1.29. The first kappa shape index (κ1) is 10.8. The topological polar surface area (TPSA) is 43.1 Å². The minimum atomic E-state index is -0.489. The van der Waals surface area contributed by atoms with Crippen molar-refractivity contribution < 1.29 is 9.31 Å². The zero-order valence-corrected chi connectivity index (χ0v) is 8.92. The summed E-state index contributed by atoms with van der Waals surface area (Å²) in [6.45, 7) is 1.39. The number of nitrogens with zero attached hydrogens (tertiary/aromatic N) is 1. The van der Waals surface area contributed by atoms with Gasteiger partial charge in [-0.1, -0.05) is 6.07 Å². The number of hydrogen-bond acceptors (Lipinski definition) is 2. The second-order valence-electron chi connectivity index (χ2n) is 2.72. The third-order valence-electron chi connectivity index (χ3n) is 1.61. The number of benzene rings is 1. The van der Waals surface area contributed by atoms with Gasteiger partial charge >= 0.3 is 0 Å². The Morgan fingerprint density at radius 2 is 2.29 bits per heavy atom. The van der Waals surface area contributed by atoms with Crippen LogP contribution in [0.4, 0.5) is 4.39 Å². The second-order valence-corrected chi connectivity index (χ2v) is 3.57. The molecule has 14 heavy (non-hydrogen) atoms. The smallest absolute Gasteiger partial charge is 0.243 e. The van der Waals surface area contributed by atoms with E-state index in [-0.39, 0.29) is 11.5 Å². The predicted octanol–water partition coefficient (Wildman–Crippen LogP) is 3.23. The number of hydrogen-bond donors (Lipinski definition) is 0. The van der Waals surface area contributed by atoms with Gasteiger partial charge in [0.05, 0.1) is 9.40 Å². The first-order valence-electron chi connectivity index (χ1n) is 3.78. The van der Waals surface area contributed by atoms with Gasteiger partial charge in [0.1, 0.15) is 5.82 Å². The van der Waals surface area contributed by atoms with Crippen LogP contribution in [-0.2, 0) is 0 Å². The maximum atomic E-state index is 12.8. The zero-order valence-electron chi connectivity index (χ0n) is 7.33. The van der Waals surface area contributed by atoms with Crippen molar-refractivity contribution in [2.24, 2.45) is 0 Å². The first-order chi connectivity index (χ1) is 6.50. The zero-order chi connectivity index (χ0) is 10.7. The highest BCUT2D eigenvalue weighted by Crippen LogP contribution is 2.18. The van der Waals surface area contributed by atoms with Crippen LogP contribution < -0.4 is 0 Å². The number of nitro groups is 1. The summed E-state index contributed by atoms with van der Waals surface area (Å²) in [5.74, 6) is -0.388. The van der Waals surface area contributed by atoms with Crippen molar-refractivity contribution in [3.63, 3.8) is 0 Å². The van der Waals surface area contributed by atoms with Gasteiger partial charge in [0.25, 0.3) is 0 Å². The van der Waals surface area contributed by atoms with E-state index in [1.807, 2.05) is 0 Å². The summed E-state index contributed by atoms with van der Waals surface area (Å²) in [5, 5.41) is 10.3. The van der Waals surface area contributed by atoms with Crippen LogP contribution >= 0.6 is 15.9 Å². The maximum Gasteiger partial charge on any atom is 0.243 e. The summed E-state index contributed by atoms with van der Waals surface area (Å²) in [4.78, 5) is 9.82. The van der Waals surface area contributed by atoms with E-state index in [0.29, 0.717) is 10.0 Å². The Hall–Kier alpha value is -1.23. The van der Waals surface area contributed by atoms with Gasteiger partial charge in [-0.25, -0.2) is 4.39 Å². The first-order valence-corrected chi connectivity index (χ1v) is 4.58. The van der Waals surface area contributed by atoms with Gasteiger partial charge in [0.2, 0.25) is 5.70 Å². The fraction of sp³-hybridized carbons (Fsp3) is 0.111. The van der Waals surface area contributed by atoms with E-state index in [9.17, 15) is 14.5 Å². The minimum absolute atomic E-state index is 0.0171. The van der Waals surface area contributed by atoms with E-state index in [1.165, 1.54) is 31.2 Å². The highest BCUT2D eigenvalue weighted by atomic mass is 79.9. The van der Waals surface area contributed by atoms with Crippen molar-refractivity contribution in [1.82, 2.24) is 0 Å². The summed E-state index contributed by atoms with van der Waals surface area (Å²) in [7, 11) is 0. The van der Waals surface area contributed by atoms with E-state index in [0.717, 1.165) is 0 Å². The van der Waals surface area contributed by atoms with Gasteiger partial charge in [-0.15, -0.1) is 0 Å². The molecule has 0 radical (unpaired) electrons. The lowest BCUT2D eigenvalue weighted by atomic mass is 10.2. The molecule has 0 fully saturated rings. The van der Waals surface area contributed by atoms with Gasteiger partial charge in [0, 0.05) is 13.0 Å². The predicted molar refractivity (Wildman–Crippen MR) is 54.7 cm³/mol. The van der Waals surface area contributed by atoms with Gasteiger partial charge < -0.3 is 0 Å². The molecule has 1 aromatic rings. The van der Waals surface area contributed by atoms with Gasteiger partial charge in [-0.3, -0.25) is 10.1 Å². The average Bonchev–Trinajstić information content (AvgIpc) is 2.11. The molecule has 0 heterocycles. The molecule has 74 valence electrons. The van der Waals surface area contributed by atoms with Crippen LogP contribution in [0.2, 0.25) is 0 Å². The summed E-state index contributed by atoms with van der Waals surface area (Å²) in [6.07, 6.45) is 1.38. The van der Waals surface area contributed by atoms with Crippen molar-refractivity contribution in [2.45, 2.75) is 6.92 Å². The standard InChI is InChI=1S/C9H7BrFNO2/c1-6(12(13)14)4-7-2-3-9(11)8(10)5-7/h2-5H,1H3. The molecule has 0 saturated heterocycles. The lowest BCUT2D eigenvalue weighted by Crippen LogP contribution is -1.93. The van der Waals surface area contributed by atoms with E-state index in [1.54, 1.807) is 0 Å². The number of halogens is 2. The molecule has 0 atom stereocenters. The molecule has 1 aromatic carbocycles. The van der Waals surface area contributed by atoms with E-state index < -0.39 is 4.92 Å². The molecule has 1 rings (SSSR count). The highest BCUT2D eigenvalue weighted by molar-refractivity contribution is 9.10. The molecule has 0 spiro atoms. The van der Waals surface area contributed by atoms with Crippen molar-refractivity contribution in [3.05, 3.63) is 49.9 Å². The Kier molecular flexibility index (Phi) is 3.35. The summed E-state index contributed by atoms with van der Waals surface area (Å²) >= 11 is 3.00. The van der Waals surface area contributed by atoms with Gasteiger partial charge in [-0.05, 0) is 33.6 Å². The number of allylic oxidation sites excluding steroid dienone is 1. The Morgan fingerprint density at radius 1 is 1.64 bits per heavy atom. The summed E-state index contributed by atoms with van der Waals surface area (Å²) < 4.78 is 13.1. The normalized spacial score (nSPS) is 11.5. The summed E-state index contributed by atoms with van der Waals surface area (Å²) in [6, 6.07) is 4.22. The molecule has 0 aliphatic heterocycles. The van der Waals surface area contributed by atoms with Crippen LogP contribution in [0.1, 0.15) is 12.5 Å². The van der Waals surface area contributed by atoms with Gasteiger partial charge in [0.15, 0.2) is 0 Å². The molecule has 0 aromatic heterocycles. The van der Waals surface area contributed by atoms with Crippen LogP contribution in [0.3, 0.4) is 0 Å². The molecule has 0 N–H and O–H groups in total. The van der Waals surface area contributed by atoms with Crippen LogP contribution in [-0.4, -0.2) is 4.92 Å². The Morgan fingerprint density at radius 3 is 2.79 bits per heavy atom. The Labute approximate surface area is 88.5 Å². The van der Waals surface area contributed by atoms with Crippen molar-refractivity contribution >= 4 is 22.0 Å². The minimum Gasteiger partial charge on any atom is -0.259 e. The third kappa shape index (κ3) is 2.63. The highest BCUT2D eigenvalue weighted by Gasteiger charge is 2.03. The van der Waals surface area contributed by atoms with E-state index in [2.05, 4.69) is 15.9 Å². The lowest BCUT2D eigenvalue weighted by molar-refractivity contribution is -0.422. The molecule has 0 bridgehead atoms.